The maximum atomic E-state index is 13.1. The minimum absolute atomic E-state index is 0.272. The lowest BCUT2D eigenvalue weighted by molar-refractivity contribution is -0.135. The minimum Gasteiger partial charge on any atom is -0.390 e. The Kier molecular flexibility index (Phi) is 3.97. The molecule has 2 atom stereocenters. The zero-order valence-electron chi connectivity index (χ0n) is 10.5. The van der Waals surface area contributed by atoms with Gasteiger partial charge in [0.2, 0.25) is 0 Å². The van der Waals surface area contributed by atoms with Crippen molar-refractivity contribution in [2.45, 2.75) is 44.3 Å². The maximum Gasteiger partial charge on any atom is 0.159 e. The molecule has 2 nitrogen and oxygen atoms in total. The highest BCUT2D eigenvalue weighted by Gasteiger charge is 2.35. The van der Waals surface area contributed by atoms with Crippen LogP contribution in [0.15, 0.2) is 18.2 Å². The number of aliphatic hydroxyl groups is 1. The fourth-order valence-corrected chi connectivity index (χ4v) is 2.32. The van der Waals surface area contributed by atoms with Crippen molar-refractivity contribution < 1.29 is 18.6 Å². The second-order valence-corrected chi connectivity index (χ2v) is 5.09. The second-order valence-electron chi connectivity index (χ2n) is 5.09. The van der Waals surface area contributed by atoms with Crippen LogP contribution in [-0.4, -0.2) is 23.4 Å². The molecule has 0 aromatic heterocycles. The second kappa shape index (κ2) is 5.33. The van der Waals surface area contributed by atoms with Crippen molar-refractivity contribution in [2.75, 3.05) is 6.61 Å². The average molecular weight is 256 g/mol. The maximum absolute atomic E-state index is 13.1. The smallest absolute Gasteiger partial charge is 0.159 e. The first-order chi connectivity index (χ1) is 8.51. The van der Waals surface area contributed by atoms with Crippen molar-refractivity contribution >= 4 is 0 Å². The van der Waals surface area contributed by atoms with Crippen molar-refractivity contribution in [2.24, 2.45) is 0 Å². The van der Waals surface area contributed by atoms with E-state index < -0.39 is 23.3 Å². The average Bonchev–Trinajstić information content (AvgIpc) is 2.35. The Hall–Kier alpha value is -1.00. The van der Waals surface area contributed by atoms with Gasteiger partial charge in [-0.25, -0.2) is 8.78 Å². The fraction of sp³-hybridized carbons (Fsp3) is 0.571. The highest BCUT2D eigenvalue weighted by Crippen LogP contribution is 2.29. The zero-order chi connectivity index (χ0) is 13.2. The normalized spacial score (nSPS) is 26.0. The Labute approximate surface area is 106 Å². The van der Waals surface area contributed by atoms with Crippen molar-refractivity contribution in [3.05, 3.63) is 35.4 Å². The molecule has 2 unspecified atom stereocenters. The summed E-state index contributed by atoms with van der Waals surface area (Å²) in [5, 5.41) is 10.2. The van der Waals surface area contributed by atoms with Gasteiger partial charge in [0.1, 0.15) is 0 Å². The van der Waals surface area contributed by atoms with Gasteiger partial charge in [-0.05, 0) is 43.9 Å². The standard InChI is InChI=1S/C14H18F2O2/c1-14(6-2-3-7-18-14)13(17)9-10-4-5-11(15)12(16)8-10/h4-5,8,13,17H,2-3,6-7,9H2,1H3. The summed E-state index contributed by atoms with van der Waals surface area (Å²) in [6.45, 7) is 2.52. The molecule has 1 fully saturated rings. The molecule has 0 aliphatic carbocycles. The molecular weight excluding hydrogens is 238 g/mol. The van der Waals surface area contributed by atoms with E-state index in [1.807, 2.05) is 6.92 Å². The van der Waals surface area contributed by atoms with E-state index in [9.17, 15) is 13.9 Å². The van der Waals surface area contributed by atoms with Crippen LogP contribution in [0.25, 0.3) is 0 Å². The number of benzene rings is 1. The number of halogens is 2. The van der Waals surface area contributed by atoms with Gasteiger partial charge in [-0.2, -0.15) is 0 Å². The monoisotopic (exact) mass is 256 g/mol. The molecule has 4 heteroatoms. The van der Waals surface area contributed by atoms with Gasteiger partial charge in [-0.1, -0.05) is 6.07 Å². The Morgan fingerprint density at radius 2 is 2.11 bits per heavy atom. The Morgan fingerprint density at radius 1 is 1.33 bits per heavy atom. The number of rotatable bonds is 3. The van der Waals surface area contributed by atoms with Crippen LogP contribution in [0.1, 0.15) is 31.7 Å². The van der Waals surface area contributed by atoms with Gasteiger partial charge in [0, 0.05) is 13.0 Å². The number of hydrogen-bond donors (Lipinski definition) is 1. The van der Waals surface area contributed by atoms with Gasteiger partial charge in [-0.3, -0.25) is 0 Å². The van der Waals surface area contributed by atoms with Crippen molar-refractivity contribution in [1.29, 1.82) is 0 Å². The van der Waals surface area contributed by atoms with Crippen LogP contribution in [0.3, 0.4) is 0 Å². The molecule has 1 aromatic rings. The molecule has 1 saturated heterocycles. The van der Waals surface area contributed by atoms with E-state index in [-0.39, 0.29) is 6.42 Å². The number of aliphatic hydroxyl groups excluding tert-OH is 1. The molecule has 1 aromatic carbocycles. The van der Waals surface area contributed by atoms with Gasteiger partial charge < -0.3 is 9.84 Å². The fourth-order valence-electron chi connectivity index (χ4n) is 2.32. The Balaban J connectivity index is 2.05. The molecule has 1 aliphatic rings. The van der Waals surface area contributed by atoms with Crippen molar-refractivity contribution in [1.82, 2.24) is 0 Å². The van der Waals surface area contributed by atoms with Gasteiger partial charge in [0.15, 0.2) is 11.6 Å². The molecule has 0 radical (unpaired) electrons. The topological polar surface area (TPSA) is 29.5 Å². The molecule has 0 saturated carbocycles. The summed E-state index contributed by atoms with van der Waals surface area (Å²) < 4.78 is 31.5. The third kappa shape index (κ3) is 2.87. The molecule has 2 rings (SSSR count). The van der Waals surface area contributed by atoms with Crippen molar-refractivity contribution in [3.8, 4) is 0 Å². The summed E-state index contributed by atoms with van der Waals surface area (Å²) >= 11 is 0. The first-order valence-corrected chi connectivity index (χ1v) is 6.27. The minimum atomic E-state index is -0.880. The molecule has 0 amide bonds. The Morgan fingerprint density at radius 3 is 2.72 bits per heavy atom. The summed E-state index contributed by atoms with van der Waals surface area (Å²) in [5.41, 5.74) is 0.000123. The Bertz CT molecular complexity index is 414. The first-order valence-electron chi connectivity index (χ1n) is 6.27. The predicted octanol–water partition coefficient (Wildman–Crippen LogP) is 2.83. The van der Waals surface area contributed by atoms with Crippen LogP contribution in [0.2, 0.25) is 0 Å². The summed E-state index contributed by atoms with van der Waals surface area (Å²) in [6, 6.07) is 3.71. The number of ether oxygens (including phenoxy) is 1. The van der Waals surface area contributed by atoms with E-state index in [1.165, 1.54) is 6.07 Å². The van der Waals surface area contributed by atoms with Crippen LogP contribution < -0.4 is 0 Å². The summed E-state index contributed by atoms with van der Waals surface area (Å²) in [6.07, 6.45) is 2.38. The third-order valence-electron chi connectivity index (χ3n) is 3.62. The lowest BCUT2D eigenvalue weighted by atomic mass is 9.87. The number of hydrogen-bond acceptors (Lipinski definition) is 2. The molecule has 100 valence electrons. The van der Waals surface area contributed by atoms with Crippen LogP contribution in [0, 0.1) is 11.6 Å². The van der Waals surface area contributed by atoms with Crippen LogP contribution >= 0.6 is 0 Å². The SMILES string of the molecule is CC1(C(O)Cc2ccc(F)c(F)c2)CCCCO1. The first kappa shape index (κ1) is 13.4. The molecule has 0 bridgehead atoms. The van der Waals surface area contributed by atoms with Gasteiger partial charge in [0.05, 0.1) is 11.7 Å². The van der Waals surface area contributed by atoms with Crippen LogP contribution in [0.5, 0.6) is 0 Å². The lowest BCUT2D eigenvalue weighted by Gasteiger charge is -2.38. The van der Waals surface area contributed by atoms with E-state index in [0.717, 1.165) is 31.4 Å². The molecule has 1 heterocycles. The van der Waals surface area contributed by atoms with E-state index in [2.05, 4.69) is 0 Å². The molecule has 0 spiro atoms. The van der Waals surface area contributed by atoms with E-state index in [1.54, 1.807) is 0 Å². The predicted molar refractivity (Wildman–Crippen MR) is 64.3 cm³/mol. The molecular formula is C14H18F2O2. The third-order valence-corrected chi connectivity index (χ3v) is 3.62. The van der Waals surface area contributed by atoms with Gasteiger partial charge in [-0.15, -0.1) is 0 Å². The molecule has 1 N–H and O–H groups in total. The van der Waals surface area contributed by atoms with E-state index in [0.29, 0.717) is 12.2 Å². The van der Waals surface area contributed by atoms with Gasteiger partial charge in [0.25, 0.3) is 0 Å². The lowest BCUT2D eigenvalue weighted by Crippen LogP contribution is -2.45. The van der Waals surface area contributed by atoms with E-state index >= 15 is 0 Å². The summed E-state index contributed by atoms with van der Waals surface area (Å²) in [4.78, 5) is 0. The zero-order valence-corrected chi connectivity index (χ0v) is 10.5. The van der Waals surface area contributed by atoms with Crippen LogP contribution in [0.4, 0.5) is 8.78 Å². The highest BCUT2D eigenvalue weighted by molar-refractivity contribution is 5.19. The highest BCUT2D eigenvalue weighted by atomic mass is 19.2. The summed E-state index contributed by atoms with van der Waals surface area (Å²) in [5.74, 6) is -1.75. The summed E-state index contributed by atoms with van der Waals surface area (Å²) in [7, 11) is 0. The molecule has 18 heavy (non-hydrogen) atoms. The quantitative estimate of drug-likeness (QED) is 0.901. The largest absolute Gasteiger partial charge is 0.390 e. The van der Waals surface area contributed by atoms with E-state index in [4.69, 9.17) is 4.74 Å². The van der Waals surface area contributed by atoms with Crippen LogP contribution in [-0.2, 0) is 11.2 Å². The van der Waals surface area contributed by atoms with Gasteiger partial charge >= 0.3 is 0 Å². The molecule has 1 aliphatic heterocycles. The van der Waals surface area contributed by atoms with Crippen molar-refractivity contribution in [3.63, 3.8) is 0 Å².